The van der Waals surface area contributed by atoms with E-state index in [-0.39, 0.29) is 0 Å². The summed E-state index contributed by atoms with van der Waals surface area (Å²) in [7, 11) is 1.76. The Morgan fingerprint density at radius 2 is 2.29 bits per heavy atom. The fourth-order valence-electron chi connectivity index (χ4n) is 0.153. The first kappa shape index (κ1) is 6.50. The lowest BCUT2D eigenvalue weighted by atomic mass is 10.6. The van der Waals surface area contributed by atoms with Crippen molar-refractivity contribution in [1.29, 1.82) is 0 Å². The summed E-state index contributed by atoms with van der Waals surface area (Å²) < 4.78 is 0. The Morgan fingerprint density at radius 1 is 1.86 bits per heavy atom. The third kappa shape index (κ3) is 2.23. The minimum Gasteiger partial charge on any atom is -0.374 e. The number of aliphatic hydroxyl groups is 1. The molecule has 0 aromatic carbocycles. The van der Waals surface area contributed by atoms with Crippen molar-refractivity contribution in [3.8, 4) is 0 Å². The molecule has 0 fully saturated rings. The van der Waals surface area contributed by atoms with Crippen LogP contribution in [0.3, 0.4) is 0 Å². The second kappa shape index (κ2) is 2.64. The van der Waals surface area contributed by atoms with Gasteiger partial charge in [-0.15, -0.1) is 0 Å². The predicted molar refractivity (Wildman–Crippen MR) is 29.6 cm³/mol. The van der Waals surface area contributed by atoms with Crippen LogP contribution in [0.5, 0.6) is 0 Å². The molecule has 0 amide bonds. The van der Waals surface area contributed by atoms with Gasteiger partial charge in [-0.3, -0.25) is 0 Å². The molecule has 0 aliphatic carbocycles. The highest BCUT2D eigenvalue weighted by atomic mass is 16.3. The average molecular weight is 101 g/mol. The molecule has 0 radical (unpaired) electrons. The van der Waals surface area contributed by atoms with E-state index in [9.17, 15) is 0 Å². The zero-order valence-corrected chi connectivity index (χ0v) is 4.76. The van der Waals surface area contributed by atoms with Crippen molar-refractivity contribution in [2.24, 2.45) is 0 Å². The molecule has 0 spiro atoms. The van der Waals surface area contributed by atoms with Gasteiger partial charge < -0.3 is 10.0 Å². The van der Waals surface area contributed by atoms with Crippen LogP contribution < -0.4 is 0 Å². The van der Waals surface area contributed by atoms with Gasteiger partial charge in [0, 0.05) is 7.05 Å². The highest BCUT2D eigenvalue weighted by Crippen LogP contribution is 1.86. The molecule has 0 aliphatic rings. The fourth-order valence-corrected chi connectivity index (χ4v) is 0.153. The van der Waals surface area contributed by atoms with Gasteiger partial charge in [-0.1, -0.05) is 6.58 Å². The van der Waals surface area contributed by atoms with Crippen LogP contribution in [-0.2, 0) is 0 Å². The Kier molecular flexibility index (Phi) is 2.45. The van der Waals surface area contributed by atoms with E-state index in [0.717, 1.165) is 0 Å². The molecule has 0 aromatic rings. The minimum atomic E-state index is -0.419. The van der Waals surface area contributed by atoms with Crippen molar-refractivity contribution in [2.75, 3.05) is 7.05 Å². The van der Waals surface area contributed by atoms with Crippen LogP contribution in [-0.4, -0.2) is 23.3 Å². The summed E-state index contributed by atoms with van der Waals surface area (Å²) >= 11 is 0. The van der Waals surface area contributed by atoms with Gasteiger partial charge in [-0.25, -0.2) is 0 Å². The topological polar surface area (TPSA) is 23.5 Å². The molecular formula is C5H11NO. The lowest BCUT2D eigenvalue weighted by molar-refractivity contribution is 0.0731. The van der Waals surface area contributed by atoms with Crippen molar-refractivity contribution in [3.05, 3.63) is 12.8 Å². The van der Waals surface area contributed by atoms with Gasteiger partial charge >= 0.3 is 0 Å². The second-order valence-electron chi connectivity index (χ2n) is 1.48. The Hall–Kier alpha value is -0.500. The number of nitrogens with zero attached hydrogens (tertiary/aromatic N) is 1. The fraction of sp³-hybridized carbons (Fsp3) is 0.600. The van der Waals surface area contributed by atoms with Crippen LogP contribution in [0.2, 0.25) is 0 Å². The standard InChI is InChI=1S/C5H11NO/c1-4-6(3)5(2)7/h4-5,7H,1H2,2-3H3/t5-/m1/s1. The summed E-state index contributed by atoms with van der Waals surface area (Å²) in [5, 5.41) is 8.68. The third-order valence-electron chi connectivity index (χ3n) is 0.877. The SMILES string of the molecule is C=CN(C)[C@@H](C)O. The quantitative estimate of drug-likeness (QED) is 0.509. The first-order valence-electron chi connectivity index (χ1n) is 2.21. The highest BCUT2D eigenvalue weighted by molar-refractivity contribution is 4.65. The number of hydrogen-bond donors (Lipinski definition) is 1. The second-order valence-corrected chi connectivity index (χ2v) is 1.48. The molecule has 1 atom stereocenters. The minimum absolute atomic E-state index is 0.419. The molecule has 0 unspecified atom stereocenters. The molecule has 7 heavy (non-hydrogen) atoms. The molecule has 0 saturated heterocycles. The van der Waals surface area contributed by atoms with Crippen molar-refractivity contribution in [3.63, 3.8) is 0 Å². The summed E-state index contributed by atoms with van der Waals surface area (Å²) in [6.45, 7) is 5.13. The van der Waals surface area contributed by atoms with E-state index >= 15 is 0 Å². The number of hydrogen-bond acceptors (Lipinski definition) is 2. The Morgan fingerprint density at radius 3 is 2.29 bits per heavy atom. The molecule has 2 heteroatoms. The van der Waals surface area contributed by atoms with Crippen LogP contribution >= 0.6 is 0 Å². The van der Waals surface area contributed by atoms with Gasteiger partial charge in [0.1, 0.15) is 6.23 Å². The number of rotatable bonds is 2. The lowest BCUT2D eigenvalue weighted by Gasteiger charge is -2.15. The van der Waals surface area contributed by atoms with E-state index in [4.69, 9.17) is 5.11 Å². The van der Waals surface area contributed by atoms with Crippen LogP contribution in [0.15, 0.2) is 12.8 Å². The first-order valence-corrected chi connectivity index (χ1v) is 2.21. The van der Waals surface area contributed by atoms with Gasteiger partial charge in [-0.05, 0) is 13.1 Å². The molecule has 1 N–H and O–H groups in total. The molecule has 0 heterocycles. The van der Waals surface area contributed by atoms with Crippen LogP contribution in [0.4, 0.5) is 0 Å². The molecule has 0 aromatic heterocycles. The van der Waals surface area contributed by atoms with E-state index in [1.54, 1.807) is 25.1 Å². The van der Waals surface area contributed by atoms with Crippen LogP contribution in [0, 0.1) is 0 Å². The zero-order valence-electron chi connectivity index (χ0n) is 4.76. The highest BCUT2D eigenvalue weighted by Gasteiger charge is 1.93. The molecule has 0 bridgehead atoms. The van der Waals surface area contributed by atoms with Crippen LogP contribution in [0.25, 0.3) is 0 Å². The first-order chi connectivity index (χ1) is 3.18. The third-order valence-corrected chi connectivity index (χ3v) is 0.877. The van der Waals surface area contributed by atoms with Gasteiger partial charge in [0.2, 0.25) is 0 Å². The molecule has 42 valence electrons. The van der Waals surface area contributed by atoms with E-state index in [1.807, 2.05) is 0 Å². The van der Waals surface area contributed by atoms with Crippen molar-refractivity contribution in [1.82, 2.24) is 4.90 Å². The maximum absolute atomic E-state index is 8.68. The average Bonchev–Trinajstić information content (AvgIpc) is 1.65. The summed E-state index contributed by atoms with van der Waals surface area (Å²) in [5.41, 5.74) is 0. The van der Waals surface area contributed by atoms with Gasteiger partial charge in [0.05, 0.1) is 0 Å². The van der Waals surface area contributed by atoms with Gasteiger partial charge in [0.25, 0.3) is 0 Å². The van der Waals surface area contributed by atoms with Crippen molar-refractivity contribution >= 4 is 0 Å². The zero-order chi connectivity index (χ0) is 5.86. The van der Waals surface area contributed by atoms with Crippen molar-refractivity contribution < 1.29 is 5.11 Å². The maximum Gasteiger partial charge on any atom is 0.123 e. The van der Waals surface area contributed by atoms with Crippen molar-refractivity contribution in [2.45, 2.75) is 13.2 Å². The maximum atomic E-state index is 8.68. The van der Waals surface area contributed by atoms with E-state index in [1.165, 1.54) is 0 Å². The van der Waals surface area contributed by atoms with Gasteiger partial charge in [0.15, 0.2) is 0 Å². The summed E-state index contributed by atoms with van der Waals surface area (Å²) in [6, 6.07) is 0. The lowest BCUT2D eigenvalue weighted by Crippen LogP contribution is -2.21. The van der Waals surface area contributed by atoms with Crippen LogP contribution in [0.1, 0.15) is 6.92 Å². The van der Waals surface area contributed by atoms with Gasteiger partial charge in [-0.2, -0.15) is 0 Å². The Bertz CT molecular complexity index is 61.1. The van der Waals surface area contributed by atoms with E-state index in [2.05, 4.69) is 6.58 Å². The van der Waals surface area contributed by atoms with E-state index < -0.39 is 6.23 Å². The molecule has 2 nitrogen and oxygen atoms in total. The summed E-state index contributed by atoms with van der Waals surface area (Å²) in [5.74, 6) is 0. The van der Waals surface area contributed by atoms with E-state index in [0.29, 0.717) is 0 Å². The normalized spacial score (nSPS) is 13.0. The molecule has 0 aliphatic heterocycles. The molecule has 0 saturated carbocycles. The predicted octanol–water partition coefficient (Wildman–Crippen LogP) is 0.400. The smallest absolute Gasteiger partial charge is 0.123 e. The molecule has 0 rings (SSSR count). The monoisotopic (exact) mass is 101 g/mol. The largest absolute Gasteiger partial charge is 0.374 e. The number of aliphatic hydroxyl groups excluding tert-OH is 1. The Labute approximate surface area is 44.1 Å². The Balaban J connectivity index is 3.33. The molecular weight excluding hydrogens is 90.1 g/mol. The summed E-state index contributed by atoms with van der Waals surface area (Å²) in [6.07, 6.45) is 1.16. The summed E-state index contributed by atoms with van der Waals surface area (Å²) in [4.78, 5) is 1.61.